The third-order valence-electron chi connectivity index (χ3n) is 5.08. The van der Waals surface area contributed by atoms with Crippen LogP contribution in [0.5, 0.6) is 23.0 Å². The molecule has 0 unspecified atom stereocenters. The van der Waals surface area contributed by atoms with Crippen LogP contribution in [0.1, 0.15) is 24.0 Å². The van der Waals surface area contributed by atoms with Crippen LogP contribution in [-0.4, -0.2) is 33.3 Å². The second kappa shape index (κ2) is 13.0. The molecule has 3 aromatic rings. The Labute approximate surface area is 195 Å². The molecule has 0 radical (unpaired) electrons. The number of methoxy groups -OCH3 is 2. The first kappa shape index (κ1) is 24.0. The topological polar surface area (TPSA) is 66.0 Å². The molecule has 0 aliphatic heterocycles. The molecule has 0 fully saturated rings. The van der Waals surface area contributed by atoms with Crippen molar-refractivity contribution in [3.8, 4) is 23.0 Å². The van der Waals surface area contributed by atoms with Crippen LogP contribution in [0.25, 0.3) is 0 Å². The lowest BCUT2D eigenvalue weighted by molar-refractivity contribution is -0.120. The van der Waals surface area contributed by atoms with Gasteiger partial charge in [0.05, 0.1) is 27.2 Å². The van der Waals surface area contributed by atoms with E-state index in [1.54, 1.807) is 20.3 Å². The smallest absolute Gasteiger partial charge is 0.224 e. The largest absolute Gasteiger partial charge is 0.497 e. The number of amides is 1. The summed E-state index contributed by atoms with van der Waals surface area (Å²) in [5.74, 6) is 2.92. The predicted molar refractivity (Wildman–Crippen MR) is 128 cm³/mol. The van der Waals surface area contributed by atoms with Gasteiger partial charge in [-0.05, 0) is 48.7 Å². The van der Waals surface area contributed by atoms with Crippen molar-refractivity contribution in [1.29, 1.82) is 0 Å². The Hall–Kier alpha value is -3.67. The Balaban J connectivity index is 1.29. The zero-order chi connectivity index (χ0) is 23.3. The van der Waals surface area contributed by atoms with Crippen molar-refractivity contribution >= 4 is 5.91 Å². The van der Waals surface area contributed by atoms with Crippen LogP contribution in [0.15, 0.2) is 72.8 Å². The molecule has 0 spiro atoms. The van der Waals surface area contributed by atoms with Gasteiger partial charge in [-0.15, -0.1) is 0 Å². The molecule has 3 aromatic carbocycles. The van der Waals surface area contributed by atoms with Gasteiger partial charge in [0.25, 0.3) is 0 Å². The highest BCUT2D eigenvalue weighted by molar-refractivity contribution is 5.79. The molecule has 33 heavy (non-hydrogen) atoms. The van der Waals surface area contributed by atoms with Crippen molar-refractivity contribution in [2.45, 2.75) is 25.9 Å². The summed E-state index contributed by atoms with van der Waals surface area (Å²) >= 11 is 0. The highest BCUT2D eigenvalue weighted by Gasteiger charge is 2.09. The van der Waals surface area contributed by atoms with Crippen molar-refractivity contribution in [3.05, 3.63) is 83.9 Å². The molecule has 174 valence electrons. The van der Waals surface area contributed by atoms with Crippen molar-refractivity contribution < 1.29 is 23.7 Å². The molecule has 0 aliphatic carbocycles. The van der Waals surface area contributed by atoms with E-state index in [1.165, 1.54) is 0 Å². The fraction of sp³-hybridized carbons (Fsp3) is 0.296. The highest BCUT2D eigenvalue weighted by Crippen LogP contribution is 2.25. The lowest BCUT2D eigenvalue weighted by atomic mass is 10.1. The van der Waals surface area contributed by atoms with Crippen LogP contribution in [-0.2, 0) is 17.8 Å². The summed E-state index contributed by atoms with van der Waals surface area (Å²) < 4.78 is 22.1. The Morgan fingerprint density at radius 3 is 2.18 bits per heavy atom. The molecule has 1 N–H and O–H groups in total. The minimum atomic E-state index is -0.0366. The van der Waals surface area contributed by atoms with Crippen LogP contribution in [0, 0.1) is 0 Å². The van der Waals surface area contributed by atoms with E-state index in [-0.39, 0.29) is 12.3 Å². The number of benzene rings is 3. The summed E-state index contributed by atoms with van der Waals surface area (Å²) in [7, 11) is 3.18. The molecular weight excluding hydrogens is 418 g/mol. The molecule has 0 aliphatic rings. The van der Waals surface area contributed by atoms with Crippen LogP contribution >= 0.6 is 0 Å². The summed E-state index contributed by atoms with van der Waals surface area (Å²) in [5, 5.41) is 2.95. The van der Waals surface area contributed by atoms with E-state index >= 15 is 0 Å². The molecule has 0 heterocycles. The number of hydrogen-bond acceptors (Lipinski definition) is 5. The number of nitrogens with one attached hydrogen (secondary N) is 1. The van der Waals surface area contributed by atoms with Gasteiger partial charge in [-0.2, -0.15) is 0 Å². The van der Waals surface area contributed by atoms with Gasteiger partial charge in [0, 0.05) is 18.2 Å². The normalized spacial score (nSPS) is 10.4. The number of carbonyl (C=O) groups excluding carboxylic acids is 1. The van der Waals surface area contributed by atoms with E-state index in [1.807, 2.05) is 66.7 Å². The van der Waals surface area contributed by atoms with Crippen LogP contribution in [0.3, 0.4) is 0 Å². The summed E-state index contributed by atoms with van der Waals surface area (Å²) in [4.78, 5) is 12.2. The molecule has 0 saturated heterocycles. The molecule has 1 amide bonds. The lowest BCUT2D eigenvalue weighted by Gasteiger charge is -2.11. The molecule has 3 rings (SSSR count). The zero-order valence-corrected chi connectivity index (χ0v) is 19.2. The van der Waals surface area contributed by atoms with Gasteiger partial charge < -0.3 is 24.3 Å². The monoisotopic (exact) mass is 449 g/mol. The first-order valence-corrected chi connectivity index (χ1v) is 11.0. The van der Waals surface area contributed by atoms with Gasteiger partial charge in [-0.25, -0.2) is 0 Å². The van der Waals surface area contributed by atoms with E-state index in [4.69, 9.17) is 18.9 Å². The molecular formula is C27H31NO5. The minimum Gasteiger partial charge on any atom is -0.497 e. The van der Waals surface area contributed by atoms with E-state index in [0.717, 1.165) is 35.5 Å². The number of rotatable bonds is 13. The van der Waals surface area contributed by atoms with Gasteiger partial charge in [-0.3, -0.25) is 4.79 Å². The van der Waals surface area contributed by atoms with Gasteiger partial charge in [0.1, 0.15) is 29.6 Å². The fourth-order valence-corrected chi connectivity index (χ4v) is 3.25. The first-order chi connectivity index (χ1) is 16.2. The Kier molecular flexibility index (Phi) is 9.45. The second-order valence-corrected chi connectivity index (χ2v) is 7.51. The first-order valence-electron chi connectivity index (χ1n) is 11.0. The van der Waals surface area contributed by atoms with Crippen molar-refractivity contribution in [1.82, 2.24) is 5.32 Å². The maximum atomic E-state index is 12.2. The predicted octanol–water partition coefficient (Wildman–Crippen LogP) is 4.80. The van der Waals surface area contributed by atoms with Crippen LogP contribution < -0.4 is 24.3 Å². The van der Waals surface area contributed by atoms with Crippen LogP contribution in [0.4, 0.5) is 0 Å². The van der Waals surface area contributed by atoms with Crippen molar-refractivity contribution in [3.63, 3.8) is 0 Å². The number of carbonyl (C=O) groups is 1. The van der Waals surface area contributed by atoms with E-state index < -0.39 is 0 Å². The molecule has 6 nitrogen and oxygen atoms in total. The number of hydrogen-bond donors (Lipinski definition) is 1. The summed E-state index contributed by atoms with van der Waals surface area (Å²) in [5.41, 5.74) is 1.96. The van der Waals surface area contributed by atoms with Gasteiger partial charge in [0.15, 0.2) is 0 Å². The SMILES string of the molecule is COc1ccc(CC(=O)NCCCCOc2ccc(OCc3ccccc3)cc2)c(OC)c1. The molecule has 0 saturated carbocycles. The summed E-state index contributed by atoms with van der Waals surface area (Å²) in [6.45, 7) is 1.73. The third kappa shape index (κ3) is 8.07. The van der Waals surface area contributed by atoms with E-state index in [2.05, 4.69) is 5.32 Å². The standard InChI is InChI=1S/C27H31NO5/c1-30-25-11-10-22(26(19-25)31-2)18-27(29)28-16-6-7-17-32-23-12-14-24(15-13-23)33-20-21-8-4-3-5-9-21/h3-5,8-15,19H,6-7,16-18,20H2,1-2H3,(H,28,29). The van der Waals surface area contributed by atoms with Crippen LogP contribution in [0.2, 0.25) is 0 Å². The maximum Gasteiger partial charge on any atom is 0.224 e. The fourth-order valence-electron chi connectivity index (χ4n) is 3.25. The van der Waals surface area contributed by atoms with E-state index in [0.29, 0.717) is 31.3 Å². The molecule has 0 aromatic heterocycles. The average molecular weight is 450 g/mol. The summed E-state index contributed by atoms with van der Waals surface area (Å²) in [6, 6.07) is 23.1. The van der Waals surface area contributed by atoms with E-state index in [9.17, 15) is 4.79 Å². The third-order valence-corrected chi connectivity index (χ3v) is 5.08. The quantitative estimate of drug-likeness (QED) is 0.380. The van der Waals surface area contributed by atoms with Gasteiger partial charge in [0.2, 0.25) is 5.91 Å². The summed E-state index contributed by atoms with van der Waals surface area (Å²) in [6.07, 6.45) is 1.95. The molecule has 0 atom stereocenters. The minimum absolute atomic E-state index is 0.0366. The Bertz CT molecular complexity index is 989. The number of unbranched alkanes of at least 4 members (excludes halogenated alkanes) is 1. The second-order valence-electron chi connectivity index (χ2n) is 7.51. The van der Waals surface area contributed by atoms with Gasteiger partial charge in [-0.1, -0.05) is 36.4 Å². The maximum absolute atomic E-state index is 12.2. The van der Waals surface area contributed by atoms with Gasteiger partial charge >= 0.3 is 0 Å². The number of ether oxygens (including phenoxy) is 4. The Morgan fingerprint density at radius 1 is 0.788 bits per heavy atom. The molecule has 0 bridgehead atoms. The molecule has 6 heteroatoms. The highest BCUT2D eigenvalue weighted by atomic mass is 16.5. The lowest BCUT2D eigenvalue weighted by Crippen LogP contribution is -2.26. The zero-order valence-electron chi connectivity index (χ0n) is 19.2. The Morgan fingerprint density at radius 2 is 1.48 bits per heavy atom. The van der Waals surface area contributed by atoms with Crippen molar-refractivity contribution in [2.24, 2.45) is 0 Å². The average Bonchev–Trinajstić information content (AvgIpc) is 2.86. The van der Waals surface area contributed by atoms with Crippen molar-refractivity contribution in [2.75, 3.05) is 27.4 Å².